The second-order valence-corrected chi connectivity index (χ2v) is 8.44. The van der Waals surface area contributed by atoms with Crippen LogP contribution in [0.3, 0.4) is 0 Å². The Hall–Kier alpha value is -2.94. The number of nitrogens with zero attached hydrogens (tertiary/aromatic N) is 4. The van der Waals surface area contributed by atoms with E-state index in [2.05, 4.69) is 37.6 Å². The van der Waals surface area contributed by atoms with Crippen molar-refractivity contribution in [1.29, 1.82) is 0 Å². The minimum Gasteiger partial charge on any atom is -0.378 e. The topological polar surface area (TPSA) is 112 Å². The van der Waals surface area contributed by atoms with E-state index in [0.29, 0.717) is 18.9 Å². The number of amides is 1. The lowest BCUT2D eigenvalue weighted by Crippen LogP contribution is -2.40. The fourth-order valence-electron chi connectivity index (χ4n) is 4.56. The molecule has 0 unspecified atom stereocenters. The summed E-state index contributed by atoms with van der Waals surface area (Å²) in [5.41, 5.74) is 1.85. The summed E-state index contributed by atoms with van der Waals surface area (Å²) in [7, 11) is 0. The second kappa shape index (κ2) is 9.05. The molecule has 2 saturated heterocycles. The van der Waals surface area contributed by atoms with Crippen LogP contribution in [0.5, 0.6) is 0 Å². The molecule has 2 aliphatic heterocycles. The van der Waals surface area contributed by atoms with Crippen LogP contribution in [0.2, 0.25) is 0 Å². The van der Waals surface area contributed by atoms with Crippen LogP contribution in [0.25, 0.3) is 11.0 Å². The van der Waals surface area contributed by atoms with E-state index in [1.165, 1.54) is 6.42 Å². The molecule has 0 aromatic carbocycles. The number of fused-ring (bicyclic) bond motifs is 1. The van der Waals surface area contributed by atoms with Gasteiger partial charge in [0.25, 0.3) is 0 Å². The van der Waals surface area contributed by atoms with E-state index in [4.69, 9.17) is 9.72 Å². The Morgan fingerprint density at radius 1 is 1.23 bits per heavy atom. The van der Waals surface area contributed by atoms with Crippen molar-refractivity contribution in [1.82, 2.24) is 30.0 Å². The zero-order valence-electron chi connectivity index (χ0n) is 17.6. The van der Waals surface area contributed by atoms with Gasteiger partial charge >= 0.3 is 0 Å². The number of piperidine rings is 1. The molecule has 0 saturated carbocycles. The summed E-state index contributed by atoms with van der Waals surface area (Å²) in [6.45, 7) is 2.94. The third-order valence-corrected chi connectivity index (χ3v) is 6.37. The Bertz CT molecular complexity index is 1000. The Labute approximate surface area is 181 Å². The predicted octanol–water partition coefficient (Wildman–Crippen LogP) is 2.96. The largest absolute Gasteiger partial charge is 0.378 e. The third-order valence-electron chi connectivity index (χ3n) is 6.37. The zero-order valence-corrected chi connectivity index (χ0v) is 17.6. The molecule has 0 aliphatic carbocycles. The molecular weight excluding hydrogens is 394 g/mol. The van der Waals surface area contributed by atoms with Crippen molar-refractivity contribution in [3.8, 4) is 0 Å². The molecule has 5 heterocycles. The quantitative estimate of drug-likeness (QED) is 0.562. The maximum Gasteiger partial charge on any atom is 0.225 e. The van der Waals surface area contributed by atoms with Gasteiger partial charge in [-0.05, 0) is 44.2 Å². The Balaban J connectivity index is 1.17. The maximum absolute atomic E-state index is 12.6. The number of hydrogen-bond donors (Lipinski definition) is 3. The highest BCUT2D eigenvalue weighted by molar-refractivity contribution is 5.87. The van der Waals surface area contributed by atoms with Crippen LogP contribution in [-0.4, -0.2) is 61.8 Å². The molecule has 0 bridgehead atoms. The first-order valence-corrected chi connectivity index (χ1v) is 11.2. The van der Waals surface area contributed by atoms with Crippen molar-refractivity contribution in [2.75, 3.05) is 25.0 Å². The van der Waals surface area contributed by atoms with E-state index in [9.17, 15) is 4.79 Å². The van der Waals surface area contributed by atoms with Crippen LogP contribution in [0, 0.1) is 0 Å². The number of H-pyrrole nitrogens is 2. The molecule has 1 atom stereocenters. The summed E-state index contributed by atoms with van der Waals surface area (Å²) < 4.78 is 5.73. The highest BCUT2D eigenvalue weighted by atomic mass is 16.5. The number of anilines is 1. The predicted molar refractivity (Wildman–Crippen MR) is 117 cm³/mol. The fraction of sp³-hybridized carbons (Fsp3) is 0.545. The lowest BCUT2D eigenvalue weighted by atomic mass is 9.92. The van der Waals surface area contributed by atoms with Crippen LogP contribution < -0.4 is 5.32 Å². The Morgan fingerprint density at radius 3 is 2.90 bits per heavy atom. The number of likely N-dealkylation sites (tertiary alicyclic amines) is 1. The summed E-state index contributed by atoms with van der Waals surface area (Å²) in [5.74, 6) is 2.23. The van der Waals surface area contributed by atoms with Gasteiger partial charge in [0.2, 0.25) is 5.91 Å². The standard InChI is InChI=1S/C22H29N7O2/c30-20(13-16-3-1-2-12-31-16)29-10-6-15(7-11-29)18-5-4-17-21(27-28-22(17)26-18)25-14-19-23-8-9-24-19/h4-5,8-9,15-16H,1-3,6-7,10-14H2,(H,23,24)(H2,25,26,27,28)/t16-/m0/s1. The van der Waals surface area contributed by atoms with Crippen molar-refractivity contribution >= 4 is 22.8 Å². The summed E-state index contributed by atoms with van der Waals surface area (Å²) in [6.07, 6.45) is 9.34. The zero-order chi connectivity index (χ0) is 21.0. The highest BCUT2D eigenvalue weighted by Gasteiger charge is 2.27. The van der Waals surface area contributed by atoms with Gasteiger partial charge in [-0.25, -0.2) is 9.97 Å². The molecule has 2 aliphatic rings. The van der Waals surface area contributed by atoms with E-state index >= 15 is 0 Å². The minimum absolute atomic E-state index is 0.110. The van der Waals surface area contributed by atoms with E-state index in [0.717, 1.165) is 73.7 Å². The Kier molecular flexibility index (Phi) is 5.84. The van der Waals surface area contributed by atoms with E-state index in [1.807, 2.05) is 4.90 Å². The molecule has 5 rings (SSSR count). The van der Waals surface area contributed by atoms with Crippen molar-refractivity contribution < 1.29 is 9.53 Å². The van der Waals surface area contributed by atoms with Crippen LogP contribution in [0.15, 0.2) is 24.5 Å². The van der Waals surface area contributed by atoms with Crippen LogP contribution in [-0.2, 0) is 16.1 Å². The summed E-state index contributed by atoms with van der Waals surface area (Å²) in [5, 5.41) is 11.7. The summed E-state index contributed by atoms with van der Waals surface area (Å²) >= 11 is 0. The first-order chi connectivity index (χ1) is 15.3. The van der Waals surface area contributed by atoms with Crippen molar-refractivity contribution in [2.24, 2.45) is 0 Å². The van der Waals surface area contributed by atoms with Gasteiger partial charge in [0.15, 0.2) is 11.5 Å². The van der Waals surface area contributed by atoms with Gasteiger partial charge in [-0.1, -0.05) is 0 Å². The van der Waals surface area contributed by atoms with Gasteiger partial charge in [-0.15, -0.1) is 0 Å². The first-order valence-electron chi connectivity index (χ1n) is 11.2. The number of aromatic nitrogens is 5. The van der Waals surface area contributed by atoms with Gasteiger partial charge in [-0.3, -0.25) is 9.89 Å². The van der Waals surface area contributed by atoms with Crippen LogP contribution >= 0.6 is 0 Å². The average Bonchev–Trinajstić information content (AvgIpc) is 3.48. The number of imidazole rings is 1. The first kappa shape index (κ1) is 20.0. The number of carbonyl (C=O) groups excluding carboxylic acids is 1. The van der Waals surface area contributed by atoms with Crippen molar-refractivity contribution in [3.63, 3.8) is 0 Å². The Morgan fingerprint density at radius 2 is 2.13 bits per heavy atom. The van der Waals surface area contributed by atoms with Crippen molar-refractivity contribution in [3.05, 3.63) is 36.0 Å². The number of carbonyl (C=O) groups is 1. The van der Waals surface area contributed by atoms with E-state index < -0.39 is 0 Å². The molecule has 164 valence electrons. The normalized spacial score (nSPS) is 20.3. The average molecular weight is 424 g/mol. The molecule has 3 aromatic heterocycles. The minimum atomic E-state index is 0.110. The van der Waals surface area contributed by atoms with Gasteiger partial charge in [0.1, 0.15) is 5.82 Å². The van der Waals surface area contributed by atoms with E-state index in [1.54, 1.807) is 12.4 Å². The molecule has 1 amide bonds. The molecule has 3 N–H and O–H groups in total. The monoisotopic (exact) mass is 423 g/mol. The van der Waals surface area contributed by atoms with Crippen molar-refractivity contribution in [2.45, 2.75) is 57.1 Å². The highest BCUT2D eigenvalue weighted by Crippen LogP contribution is 2.30. The third kappa shape index (κ3) is 4.56. The lowest BCUT2D eigenvalue weighted by molar-refractivity contribution is -0.136. The maximum atomic E-state index is 12.6. The molecule has 0 radical (unpaired) electrons. The van der Waals surface area contributed by atoms with Gasteiger partial charge < -0.3 is 19.9 Å². The molecule has 9 heteroatoms. The van der Waals surface area contributed by atoms with E-state index in [-0.39, 0.29) is 12.0 Å². The van der Waals surface area contributed by atoms with Gasteiger partial charge in [0, 0.05) is 43.7 Å². The molecule has 31 heavy (non-hydrogen) atoms. The molecule has 0 spiro atoms. The van der Waals surface area contributed by atoms with Crippen LogP contribution in [0.1, 0.15) is 56.0 Å². The second-order valence-electron chi connectivity index (χ2n) is 8.44. The molecule has 2 fully saturated rings. The number of pyridine rings is 1. The SMILES string of the molecule is O=C(C[C@@H]1CCCCO1)N1CCC(c2ccc3c(NCc4ncc[nH]4)n[nH]c3n2)CC1. The number of ether oxygens (including phenoxy) is 1. The number of nitrogens with one attached hydrogen (secondary N) is 3. The number of aromatic amines is 2. The smallest absolute Gasteiger partial charge is 0.225 e. The van der Waals surface area contributed by atoms with Gasteiger partial charge in [0.05, 0.1) is 24.5 Å². The van der Waals surface area contributed by atoms with Gasteiger partial charge in [-0.2, -0.15) is 5.10 Å². The number of hydrogen-bond acceptors (Lipinski definition) is 6. The fourth-order valence-corrected chi connectivity index (χ4v) is 4.56. The molecular formula is C22H29N7O2. The lowest BCUT2D eigenvalue weighted by Gasteiger charge is -2.33. The summed E-state index contributed by atoms with van der Waals surface area (Å²) in [6, 6.07) is 4.16. The molecule has 9 nitrogen and oxygen atoms in total. The number of rotatable bonds is 6. The molecule has 3 aromatic rings. The summed E-state index contributed by atoms with van der Waals surface area (Å²) in [4.78, 5) is 26.7. The van der Waals surface area contributed by atoms with Crippen LogP contribution in [0.4, 0.5) is 5.82 Å².